The summed E-state index contributed by atoms with van der Waals surface area (Å²) in [7, 11) is 0. The third kappa shape index (κ3) is 3.02. The largest absolute Gasteiger partial charge is 0.443 e. The van der Waals surface area contributed by atoms with E-state index < -0.39 is 0 Å². The third-order valence-corrected chi connectivity index (χ3v) is 3.14. The maximum absolute atomic E-state index is 12.0. The van der Waals surface area contributed by atoms with E-state index in [4.69, 9.17) is 9.68 Å². The third-order valence-electron chi connectivity index (χ3n) is 3.14. The van der Waals surface area contributed by atoms with E-state index in [1.165, 1.54) is 6.92 Å². The highest BCUT2D eigenvalue weighted by atomic mass is 16.4. The Morgan fingerprint density at radius 3 is 2.37 bits per heavy atom. The number of furan rings is 1. The molecule has 1 aromatic heterocycles. The number of hydrogen-bond acceptors (Lipinski definition) is 4. The first-order valence-corrected chi connectivity index (χ1v) is 6.31. The van der Waals surface area contributed by atoms with Crippen LogP contribution in [0.15, 0.2) is 4.42 Å². The van der Waals surface area contributed by atoms with Gasteiger partial charge in [-0.1, -0.05) is 13.8 Å². The first kappa shape index (κ1) is 15.0. The van der Waals surface area contributed by atoms with Gasteiger partial charge in [0.1, 0.15) is 17.4 Å². The fourth-order valence-electron chi connectivity index (χ4n) is 2.04. The monoisotopic (exact) mass is 262 g/mol. The molecule has 1 N–H and O–H groups in total. The lowest BCUT2D eigenvalue weighted by Gasteiger charge is -2.10. The molecule has 0 aliphatic carbocycles. The number of carbonyl (C=O) groups is 2. The molecule has 1 amide bonds. The number of amides is 1. The minimum atomic E-state index is -0.249. The number of anilines is 1. The molecule has 0 aliphatic heterocycles. The van der Waals surface area contributed by atoms with Gasteiger partial charge in [-0.2, -0.15) is 5.26 Å². The van der Waals surface area contributed by atoms with Crippen molar-refractivity contribution < 1.29 is 14.0 Å². The van der Waals surface area contributed by atoms with Gasteiger partial charge in [-0.15, -0.1) is 0 Å². The molecule has 19 heavy (non-hydrogen) atoms. The quantitative estimate of drug-likeness (QED) is 0.827. The molecule has 0 aliphatic rings. The van der Waals surface area contributed by atoms with E-state index in [2.05, 4.69) is 5.32 Å². The van der Waals surface area contributed by atoms with E-state index >= 15 is 0 Å². The molecule has 1 rings (SSSR count). The fraction of sp³-hybridized carbons (Fsp3) is 0.500. The van der Waals surface area contributed by atoms with E-state index in [1.54, 1.807) is 6.92 Å². The number of carbonyl (C=O) groups excluding carboxylic acids is 2. The van der Waals surface area contributed by atoms with Crippen LogP contribution in [-0.4, -0.2) is 11.7 Å². The molecule has 0 unspecified atom stereocenters. The minimum absolute atomic E-state index is 0.0714. The number of nitrogens with zero attached hydrogens (tertiary/aromatic N) is 1. The second-order valence-electron chi connectivity index (χ2n) is 4.41. The summed E-state index contributed by atoms with van der Waals surface area (Å²) in [5, 5.41) is 11.7. The average molecular weight is 262 g/mol. The molecule has 1 aromatic rings. The van der Waals surface area contributed by atoms with Crippen LogP contribution in [0.2, 0.25) is 0 Å². The van der Waals surface area contributed by atoms with E-state index in [1.807, 2.05) is 19.9 Å². The van der Waals surface area contributed by atoms with Gasteiger partial charge in [0.2, 0.25) is 11.8 Å². The second-order valence-corrected chi connectivity index (χ2v) is 4.41. The van der Waals surface area contributed by atoms with Crippen molar-refractivity contribution in [1.82, 2.24) is 0 Å². The molecule has 0 saturated carbocycles. The van der Waals surface area contributed by atoms with Gasteiger partial charge in [0.15, 0.2) is 5.78 Å². The Balaban J connectivity index is 3.10. The van der Waals surface area contributed by atoms with E-state index in [0.717, 1.165) is 0 Å². The van der Waals surface area contributed by atoms with Crippen LogP contribution < -0.4 is 5.32 Å². The lowest BCUT2D eigenvalue weighted by atomic mass is 10.0. The molecule has 0 bridgehead atoms. The van der Waals surface area contributed by atoms with Crippen LogP contribution in [0.1, 0.15) is 55.3 Å². The SMILES string of the molecule is CCC(CC)C(=O)Nc1oc(C)c(C(C)=O)c1C#N. The minimum Gasteiger partial charge on any atom is -0.443 e. The Labute approximate surface area is 112 Å². The topological polar surface area (TPSA) is 83.1 Å². The summed E-state index contributed by atoms with van der Waals surface area (Å²) in [5.41, 5.74) is 0.339. The predicted octanol–water partition coefficient (Wildman–Crippen LogP) is 3.04. The standard InChI is InChI=1S/C14H18N2O3/c1-5-10(6-2)13(18)16-14-11(7-15)12(8(3)17)9(4)19-14/h10H,5-6H2,1-4H3,(H,16,18). The van der Waals surface area contributed by atoms with Gasteiger partial charge in [0.25, 0.3) is 0 Å². The highest BCUT2D eigenvalue weighted by Crippen LogP contribution is 2.27. The zero-order chi connectivity index (χ0) is 14.6. The first-order chi connectivity index (χ1) is 8.96. The normalized spacial score (nSPS) is 10.3. The van der Waals surface area contributed by atoms with Crippen molar-refractivity contribution >= 4 is 17.6 Å². The van der Waals surface area contributed by atoms with Crippen molar-refractivity contribution in [2.45, 2.75) is 40.5 Å². The molecule has 0 saturated heterocycles. The maximum Gasteiger partial charge on any atom is 0.229 e. The summed E-state index contributed by atoms with van der Waals surface area (Å²) in [6.45, 7) is 6.82. The number of Topliss-reactive ketones (excluding diaryl/α,β-unsaturated/α-hetero) is 1. The van der Waals surface area contributed by atoms with Crippen molar-refractivity contribution in [1.29, 1.82) is 5.26 Å². The lowest BCUT2D eigenvalue weighted by molar-refractivity contribution is -0.120. The van der Waals surface area contributed by atoms with Crippen LogP contribution in [0.5, 0.6) is 0 Å². The number of hydrogen-bond donors (Lipinski definition) is 1. The summed E-state index contributed by atoms with van der Waals surface area (Å²) in [5.74, 6) is -0.144. The van der Waals surface area contributed by atoms with Crippen LogP contribution in [0.25, 0.3) is 0 Å². The van der Waals surface area contributed by atoms with Crippen molar-refractivity contribution in [3.8, 4) is 6.07 Å². The van der Waals surface area contributed by atoms with E-state index in [-0.39, 0.29) is 34.6 Å². The lowest BCUT2D eigenvalue weighted by Crippen LogP contribution is -2.21. The predicted molar refractivity (Wildman–Crippen MR) is 70.9 cm³/mol. The highest BCUT2D eigenvalue weighted by Gasteiger charge is 2.24. The van der Waals surface area contributed by atoms with Gasteiger partial charge < -0.3 is 4.42 Å². The molecule has 5 heteroatoms. The maximum atomic E-state index is 12.0. The van der Waals surface area contributed by atoms with E-state index in [0.29, 0.717) is 18.6 Å². The Kier molecular flexibility index (Phi) is 4.87. The Morgan fingerprint density at radius 1 is 1.37 bits per heavy atom. The molecule has 1 heterocycles. The number of aryl methyl sites for hydroxylation is 1. The van der Waals surface area contributed by atoms with Gasteiger partial charge in [0, 0.05) is 5.92 Å². The van der Waals surface area contributed by atoms with Crippen LogP contribution in [0, 0.1) is 24.2 Å². The van der Waals surface area contributed by atoms with Gasteiger partial charge in [-0.25, -0.2) is 0 Å². The number of rotatable bonds is 5. The van der Waals surface area contributed by atoms with Crippen LogP contribution in [0.3, 0.4) is 0 Å². The number of ketones is 1. The Morgan fingerprint density at radius 2 is 1.95 bits per heavy atom. The first-order valence-electron chi connectivity index (χ1n) is 6.31. The highest BCUT2D eigenvalue weighted by molar-refractivity contribution is 6.01. The zero-order valence-electron chi connectivity index (χ0n) is 11.7. The van der Waals surface area contributed by atoms with Crippen molar-refractivity contribution in [2.75, 3.05) is 5.32 Å². The summed E-state index contributed by atoms with van der Waals surface area (Å²) in [4.78, 5) is 23.4. The summed E-state index contributed by atoms with van der Waals surface area (Å²) in [6.07, 6.45) is 1.42. The number of nitriles is 1. The molecular weight excluding hydrogens is 244 g/mol. The van der Waals surface area contributed by atoms with Gasteiger partial charge in [-0.05, 0) is 26.7 Å². The molecule has 0 fully saturated rings. The molecule has 5 nitrogen and oxygen atoms in total. The second kappa shape index (κ2) is 6.19. The fourth-order valence-corrected chi connectivity index (χ4v) is 2.04. The van der Waals surface area contributed by atoms with Crippen molar-refractivity contribution in [3.05, 3.63) is 16.9 Å². The van der Waals surface area contributed by atoms with Crippen molar-refractivity contribution in [3.63, 3.8) is 0 Å². The smallest absolute Gasteiger partial charge is 0.229 e. The molecule has 0 radical (unpaired) electrons. The zero-order valence-corrected chi connectivity index (χ0v) is 11.7. The molecular formula is C14H18N2O3. The van der Waals surface area contributed by atoms with Crippen LogP contribution >= 0.6 is 0 Å². The molecule has 0 atom stereocenters. The Hall–Kier alpha value is -2.09. The number of nitrogens with one attached hydrogen (secondary N) is 1. The summed E-state index contributed by atoms with van der Waals surface area (Å²) in [6, 6.07) is 1.92. The summed E-state index contributed by atoms with van der Waals surface area (Å²) >= 11 is 0. The van der Waals surface area contributed by atoms with Crippen molar-refractivity contribution in [2.24, 2.45) is 5.92 Å². The molecule has 0 spiro atoms. The van der Waals surface area contributed by atoms with E-state index in [9.17, 15) is 9.59 Å². The molecule has 0 aromatic carbocycles. The van der Waals surface area contributed by atoms with Gasteiger partial charge >= 0.3 is 0 Å². The Bertz CT molecular complexity index is 534. The summed E-state index contributed by atoms with van der Waals surface area (Å²) < 4.78 is 5.33. The van der Waals surface area contributed by atoms with Crippen LogP contribution in [0.4, 0.5) is 5.88 Å². The van der Waals surface area contributed by atoms with Crippen LogP contribution in [-0.2, 0) is 4.79 Å². The average Bonchev–Trinajstić information content (AvgIpc) is 2.66. The van der Waals surface area contributed by atoms with Gasteiger partial charge in [-0.3, -0.25) is 14.9 Å². The van der Waals surface area contributed by atoms with Gasteiger partial charge in [0.05, 0.1) is 5.56 Å². The molecule has 102 valence electrons.